The Bertz CT molecular complexity index is 611. The smallest absolute Gasteiger partial charge is 0.406 e. The zero-order valence-corrected chi connectivity index (χ0v) is 15.2. The molecule has 1 atom stereocenters. The molecule has 1 N–H and O–H groups in total. The minimum atomic E-state index is -0.478. The summed E-state index contributed by atoms with van der Waals surface area (Å²) in [5, 5.41) is 2.66. The van der Waals surface area contributed by atoms with Crippen LogP contribution in [0.2, 0.25) is 0 Å². The van der Waals surface area contributed by atoms with E-state index in [-0.39, 0.29) is 11.8 Å². The van der Waals surface area contributed by atoms with Crippen LogP contribution in [0.3, 0.4) is 0 Å². The summed E-state index contributed by atoms with van der Waals surface area (Å²) in [5.41, 5.74) is 1.73. The lowest BCUT2D eigenvalue weighted by Crippen LogP contribution is -2.43. The fourth-order valence-electron chi connectivity index (χ4n) is 4.35. The van der Waals surface area contributed by atoms with Crippen LogP contribution in [-0.2, 0) is 9.53 Å². The highest BCUT2D eigenvalue weighted by Crippen LogP contribution is 2.55. The summed E-state index contributed by atoms with van der Waals surface area (Å²) < 4.78 is 4.59. The van der Waals surface area contributed by atoms with E-state index in [1.807, 2.05) is 11.8 Å². The van der Waals surface area contributed by atoms with Gasteiger partial charge in [-0.05, 0) is 42.6 Å². The summed E-state index contributed by atoms with van der Waals surface area (Å²) in [6.45, 7) is 4.04. The number of ether oxygens (including phenoxy) is 1. The summed E-state index contributed by atoms with van der Waals surface area (Å²) in [4.78, 5) is 26.0. The highest BCUT2D eigenvalue weighted by atomic mass is 16.5. The van der Waals surface area contributed by atoms with Crippen LogP contribution in [0.4, 0.5) is 4.79 Å². The maximum Gasteiger partial charge on any atom is 0.406 e. The molecule has 1 aromatic carbocycles. The summed E-state index contributed by atoms with van der Waals surface area (Å²) in [6, 6.07) is 10.7. The summed E-state index contributed by atoms with van der Waals surface area (Å²) in [7, 11) is 1.34. The Morgan fingerprint density at radius 3 is 2.68 bits per heavy atom. The van der Waals surface area contributed by atoms with Gasteiger partial charge >= 0.3 is 6.09 Å². The van der Waals surface area contributed by atoms with Crippen LogP contribution in [0.15, 0.2) is 30.3 Å². The van der Waals surface area contributed by atoms with Crippen LogP contribution >= 0.6 is 0 Å². The average molecular weight is 344 g/mol. The Morgan fingerprint density at radius 1 is 1.32 bits per heavy atom. The molecule has 3 rings (SSSR count). The fraction of sp³-hybridized carbons (Fsp3) is 0.600. The molecule has 1 spiro atoms. The molecule has 2 fully saturated rings. The number of carbonyl (C=O) groups excluding carboxylic acids is 2. The first-order valence-corrected chi connectivity index (χ1v) is 9.22. The summed E-state index contributed by atoms with van der Waals surface area (Å²) in [6.07, 6.45) is 3.70. The van der Waals surface area contributed by atoms with Crippen molar-refractivity contribution in [2.75, 3.05) is 26.7 Å². The van der Waals surface area contributed by atoms with E-state index in [2.05, 4.69) is 40.4 Å². The van der Waals surface area contributed by atoms with E-state index >= 15 is 0 Å². The molecule has 1 saturated heterocycles. The Kier molecular flexibility index (Phi) is 5.30. The van der Waals surface area contributed by atoms with Gasteiger partial charge in [-0.3, -0.25) is 4.79 Å². The molecule has 136 valence electrons. The SMILES string of the molecule is CCC(CNC(=O)OC)C(=O)N1CCC2(CC(c3ccccc3)C2)C1. The molecule has 1 unspecified atom stereocenters. The second-order valence-electron chi connectivity index (χ2n) is 7.50. The zero-order chi connectivity index (χ0) is 17.9. The third kappa shape index (κ3) is 3.80. The van der Waals surface area contributed by atoms with Crippen molar-refractivity contribution in [3.8, 4) is 0 Å². The number of methoxy groups -OCH3 is 1. The van der Waals surface area contributed by atoms with E-state index < -0.39 is 6.09 Å². The van der Waals surface area contributed by atoms with E-state index in [0.29, 0.717) is 17.9 Å². The van der Waals surface area contributed by atoms with Crippen molar-refractivity contribution < 1.29 is 14.3 Å². The number of likely N-dealkylation sites (tertiary alicyclic amines) is 1. The Balaban J connectivity index is 1.52. The van der Waals surface area contributed by atoms with Gasteiger partial charge in [0.15, 0.2) is 0 Å². The number of hydrogen-bond acceptors (Lipinski definition) is 3. The van der Waals surface area contributed by atoms with Gasteiger partial charge in [0.2, 0.25) is 5.91 Å². The van der Waals surface area contributed by atoms with Gasteiger partial charge in [-0.2, -0.15) is 0 Å². The van der Waals surface area contributed by atoms with Gasteiger partial charge < -0.3 is 15.0 Å². The lowest BCUT2D eigenvalue weighted by Gasteiger charge is -2.45. The van der Waals surface area contributed by atoms with Crippen molar-refractivity contribution in [3.63, 3.8) is 0 Å². The third-order valence-electron chi connectivity index (χ3n) is 5.90. The van der Waals surface area contributed by atoms with Gasteiger partial charge in [0.25, 0.3) is 0 Å². The summed E-state index contributed by atoms with van der Waals surface area (Å²) >= 11 is 0. The number of nitrogens with zero attached hydrogens (tertiary/aromatic N) is 1. The molecule has 1 heterocycles. The molecule has 0 bridgehead atoms. The second kappa shape index (κ2) is 7.46. The Labute approximate surface area is 149 Å². The minimum Gasteiger partial charge on any atom is -0.453 e. The quantitative estimate of drug-likeness (QED) is 0.892. The van der Waals surface area contributed by atoms with Gasteiger partial charge in [0, 0.05) is 19.6 Å². The van der Waals surface area contributed by atoms with Gasteiger partial charge in [-0.1, -0.05) is 37.3 Å². The first-order valence-electron chi connectivity index (χ1n) is 9.22. The first-order chi connectivity index (χ1) is 12.1. The van der Waals surface area contributed by atoms with Gasteiger partial charge in [0.05, 0.1) is 13.0 Å². The van der Waals surface area contributed by atoms with Crippen molar-refractivity contribution in [1.29, 1.82) is 0 Å². The number of amides is 2. The van der Waals surface area contributed by atoms with Crippen LogP contribution in [0.25, 0.3) is 0 Å². The molecule has 1 saturated carbocycles. The number of carbonyl (C=O) groups is 2. The lowest BCUT2D eigenvalue weighted by atomic mass is 9.59. The van der Waals surface area contributed by atoms with E-state index in [9.17, 15) is 9.59 Å². The van der Waals surface area contributed by atoms with Crippen LogP contribution in [0, 0.1) is 11.3 Å². The fourth-order valence-corrected chi connectivity index (χ4v) is 4.35. The Hall–Kier alpha value is -2.04. The molecular weight excluding hydrogens is 316 g/mol. The van der Waals surface area contributed by atoms with Crippen LogP contribution in [0.5, 0.6) is 0 Å². The van der Waals surface area contributed by atoms with E-state index in [0.717, 1.165) is 25.9 Å². The van der Waals surface area contributed by atoms with Crippen LogP contribution < -0.4 is 5.32 Å². The van der Waals surface area contributed by atoms with Crippen molar-refractivity contribution in [1.82, 2.24) is 10.2 Å². The van der Waals surface area contributed by atoms with Crippen molar-refractivity contribution >= 4 is 12.0 Å². The highest BCUT2D eigenvalue weighted by molar-refractivity contribution is 5.80. The molecule has 5 nitrogen and oxygen atoms in total. The van der Waals surface area contributed by atoms with Gasteiger partial charge in [-0.25, -0.2) is 4.79 Å². The van der Waals surface area contributed by atoms with Crippen molar-refractivity contribution in [2.45, 2.75) is 38.5 Å². The number of nitrogens with one attached hydrogen (secondary N) is 1. The third-order valence-corrected chi connectivity index (χ3v) is 5.90. The number of hydrogen-bond donors (Lipinski definition) is 1. The number of alkyl carbamates (subject to hydrolysis) is 1. The molecule has 1 aromatic rings. The van der Waals surface area contributed by atoms with E-state index in [1.165, 1.54) is 25.5 Å². The first kappa shape index (κ1) is 17.8. The van der Waals surface area contributed by atoms with Crippen LogP contribution in [-0.4, -0.2) is 43.6 Å². The molecule has 25 heavy (non-hydrogen) atoms. The maximum atomic E-state index is 12.8. The molecule has 2 amide bonds. The Morgan fingerprint density at radius 2 is 2.04 bits per heavy atom. The average Bonchev–Trinajstić information content (AvgIpc) is 3.07. The molecule has 2 aliphatic rings. The topological polar surface area (TPSA) is 58.6 Å². The van der Waals surface area contributed by atoms with Crippen LogP contribution in [0.1, 0.15) is 44.1 Å². The maximum absolute atomic E-state index is 12.8. The molecule has 1 aliphatic heterocycles. The number of rotatable bonds is 5. The molecule has 5 heteroatoms. The molecule has 1 aliphatic carbocycles. The van der Waals surface area contributed by atoms with E-state index in [1.54, 1.807) is 0 Å². The van der Waals surface area contributed by atoms with E-state index in [4.69, 9.17) is 0 Å². The normalized spacial score (nSPS) is 26.2. The molecular formula is C20H28N2O3. The molecule has 0 aromatic heterocycles. The number of benzene rings is 1. The zero-order valence-electron chi connectivity index (χ0n) is 15.2. The largest absolute Gasteiger partial charge is 0.453 e. The van der Waals surface area contributed by atoms with Crippen molar-refractivity contribution in [2.24, 2.45) is 11.3 Å². The monoisotopic (exact) mass is 344 g/mol. The van der Waals surface area contributed by atoms with Crippen molar-refractivity contribution in [3.05, 3.63) is 35.9 Å². The predicted molar refractivity (Wildman–Crippen MR) is 96.2 cm³/mol. The van der Waals surface area contributed by atoms with Gasteiger partial charge in [-0.15, -0.1) is 0 Å². The summed E-state index contributed by atoms with van der Waals surface area (Å²) in [5.74, 6) is 0.636. The standard InChI is InChI=1S/C20H28N2O3/c1-3-15(13-21-19(24)25-2)18(23)22-10-9-20(14-22)11-17(12-20)16-7-5-4-6-8-16/h4-8,15,17H,3,9-14H2,1-2H3,(H,21,24). The highest BCUT2D eigenvalue weighted by Gasteiger charge is 2.49. The minimum absolute atomic E-state index is 0.166. The second-order valence-corrected chi connectivity index (χ2v) is 7.50. The molecule has 0 radical (unpaired) electrons. The lowest BCUT2D eigenvalue weighted by molar-refractivity contribution is -0.135. The van der Waals surface area contributed by atoms with Gasteiger partial charge in [0.1, 0.15) is 0 Å². The predicted octanol–water partition coefficient (Wildman–Crippen LogP) is 3.16.